The van der Waals surface area contributed by atoms with Crippen LogP contribution in [0.1, 0.15) is 90.9 Å². The van der Waals surface area contributed by atoms with Crippen LogP contribution in [-0.2, 0) is 0 Å². The lowest BCUT2D eigenvalue weighted by molar-refractivity contribution is 0.250. The molecule has 0 N–H and O–H groups in total. The lowest BCUT2D eigenvalue weighted by atomic mass is 9.78. The SMILES string of the molecule is CCC/C=C/C=C/CCC1CCC(CCCCC)CC1. The van der Waals surface area contributed by atoms with Crippen molar-refractivity contribution in [2.75, 3.05) is 0 Å². The van der Waals surface area contributed by atoms with Gasteiger partial charge < -0.3 is 0 Å². The second kappa shape index (κ2) is 12.2. The first-order valence-electron chi connectivity index (χ1n) is 9.18. The molecule has 0 aromatic carbocycles. The summed E-state index contributed by atoms with van der Waals surface area (Å²) in [6.07, 6.45) is 26.1. The Morgan fingerprint density at radius 2 is 1.30 bits per heavy atom. The van der Waals surface area contributed by atoms with Gasteiger partial charge in [-0.3, -0.25) is 0 Å². The number of hydrogen-bond donors (Lipinski definition) is 0. The first kappa shape index (κ1) is 17.5. The monoisotopic (exact) mass is 276 g/mol. The summed E-state index contributed by atoms with van der Waals surface area (Å²) in [4.78, 5) is 0. The summed E-state index contributed by atoms with van der Waals surface area (Å²) in [5.74, 6) is 2.08. The second-order valence-corrected chi connectivity index (χ2v) is 6.60. The van der Waals surface area contributed by atoms with E-state index in [1.54, 1.807) is 0 Å². The predicted octanol–water partition coefficient (Wildman–Crippen LogP) is 7.07. The van der Waals surface area contributed by atoms with Crippen molar-refractivity contribution in [2.24, 2.45) is 11.8 Å². The van der Waals surface area contributed by atoms with E-state index < -0.39 is 0 Å². The van der Waals surface area contributed by atoms with Crippen LogP contribution in [0.5, 0.6) is 0 Å². The summed E-state index contributed by atoms with van der Waals surface area (Å²) in [7, 11) is 0. The Balaban J connectivity index is 2.02. The minimum absolute atomic E-state index is 1.02. The highest BCUT2D eigenvalue weighted by molar-refractivity contribution is 5.02. The standard InChI is InChI=1S/C20H36/c1-3-5-7-8-9-10-12-14-20-17-15-19(16-18-20)13-11-6-4-2/h7-10,19-20H,3-6,11-18H2,1-2H3/b8-7+,10-9+. The molecule has 1 aliphatic carbocycles. The third-order valence-electron chi connectivity index (χ3n) is 4.76. The van der Waals surface area contributed by atoms with E-state index in [-0.39, 0.29) is 0 Å². The maximum atomic E-state index is 2.36. The molecule has 0 aliphatic heterocycles. The number of unbranched alkanes of at least 4 members (excludes halogenated alkanes) is 3. The van der Waals surface area contributed by atoms with E-state index in [0.717, 1.165) is 11.8 Å². The molecule has 0 saturated heterocycles. The van der Waals surface area contributed by atoms with Gasteiger partial charge >= 0.3 is 0 Å². The summed E-state index contributed by atoms with van der Waals surface area (Å²) < 4.78 is 0. The van der Waals surface area contributed by atoms with Crippen LogP contribution in [0.3, 0.4) is 0 Å². The Morgan fingerprint density at radius 3 is 1.90 bits per heavy atom. The van der Waals surface area contributed by atoms with Gasteiger partial charge in [0.05, 0.1) is 0 Å². The van der Waals surface area contributed by atoms with Crippen molar-refractivity contribution in [1.29, 1.82) is 0 Å². The molecule has 116 valence electrons. The fourth-order valence-electron chi connectivity index (χ4n) is 3.34. The normalized spacial score (nSPS) is 23.9. The molecular weight excluding hydrogens is 240 g/mol. The smallest absolute Gasteiger partial charge is 0.0345 e. The van der Waals surface area contributed by atoms with Crippen LogP contribution in [0.2, 0.25) is 0 Å². The van der Waals surface area contributed by atoms with Gasteiger partial charge in [-0.25, -0.2) is 0 Å². The van der Waals surface area contributed by atoms with Crippen molar-refractivity contribution in [1.82, 2.24) is 0 Å². The van der Waals surface area contributed by atoms with Crippen LogP contribution in [0, 0.1) is 11.8 Å². The van der Waals surface area contributed by atoms with Crippen LogP contribution in [0.4, 0.5) is 0 Å². The van der Waals surface area contributed by atoms with Gasteiger partial charge in [-0.2, -0.15) is 0 Å². The summed E-state index contributed by atoms with van der Waals surface area (Å²) in [6.45, 7) is 4.54. The van der Waals surface area contributed by atoms with E-state index in [1.165, 1.54) is 77.0 Å². The van der Waals surface area contributed by atoms with Gasteiger partial charge in [0.2, 0.25) is 0 Å². The van der Waals surface area contributed by atoms with Gasteiger partial charge in [-0.05, 0) is 31.1 Å². The van der Waals surface area contributed by atoms with Gasteiger partial charge in [-0.15, -0.1) is 0 Å². The minimum atomic E-state index is 1.02. The van der Waals surface area contributed by atoms with E-state index in [2.05, 4.69) is 38.2 Å². The highest BCUT2D eigenvalue weighted by atomic mass is 14.3. The van der Waals surface area contributed by atoms with Crippen LogP contribution in [0.25, 0.3) is 0 Å². The molecule has 0 aromatic heterocycles. The summed E-state index contributed by atoms with van der Waals surface area (Å²) >= 11 is 0. The summed E-state index contributed by atoms with van der Waals surface area (Å²) in [6, 6.07) is 0. The largest absolute Gasteiger partial charge is 0.0846 e. The highest BCUT2D eigenvalue weighted by Gasteiger charge is 2.19. The first-order valence-corrected chi connectivity index (χ1v) is 9.18. The molecule has 1 aliphatic rings. The van der Waals surface area contributed by atoms with E-state index in [4.69, 9.17) is 0 Å². The van der Waals surface area contributed by atoms with Crippen molar-refractivity contribution in [2.45, 2.75) is 90.9 Å². The quantitative estimate of drug-likeness (QED) is 0.296. The number of allylic oxidation sites excluding steroid dienone is 4. The topological polar surface area (TPSA) is 0 Å². The zero-order valence-electron chi connectivity index (χ0n) is 13.9. The lowest BCUT2D eigenvalue weighted by Crippen LogP contribution is -2.14. The Morgan fingerprint density at radius 1 is 0.700 bits per heavy atom. The Labute approximate surface area is 127 Å². The van der Waals surface area contributed by atoms with Gasteiger partial charge in [0.1, 0.15) is 0 Å². The Kier molecular flexibility index (Phi) is 10.7. The molecule has 0 unspecified atom stereocenters. The third kappa shape index (κ3) is 8.61. The van der Waals surface area contributed by atoms with Gasteiger partial charge in [0.25, 0.3) is 0 Å². The molecule has 1 saturated carbocycles. The summed E-state index contributed by atoms with van der Waals surface area (Å²) in [5.41, 5.74) is 0. The van der Waals surface area contributed by atoms with Crippen molar-refractivity contribution >= 4 is 0 Å². The van der Waals surface area contributed by atoms with E-state index in [1.807, 2.05) is 0 Å². The Bertz CT molecular complexity index is 253. The van der Waals surface area contributed by atoms with Crippen molar-refractivity contribution < 1.29 is 0 Å². The molecule has 1 fully saturated rings. The van der Waals surface area contributed by atoms with Crippen molar-refractivity contribution in [3.05, 3.63) is 24.3 Å². The molecular formula is C20H36. The van der Waals surface area contributed by atoms with Gasteiger partial charge in [0, 0.05) is 0 Å². The molecule has 0 atom stereocenters. The predicted molar refractivity (Wildman–Crippen MR) is 92.0 cm³/mol. The average molecular weight is 277 g/mol. The van der Waals surface area contributed by atoms with Crippen LogP contribution in [-0.4, -0.2) is 0 Å². The Hall–Kier alpha value is -0.520. The molecule has 0 heteroatoms. The van der Waals surface area contributed by atoms with Crippen LogP contribution < -0.4 is 0 Å². The van der Waals surface area contributed by atoms with Crippen molar-refractivity contribution in [3.63, 3.8) is 0 Å². The van der Waals surface area contributed by atoms with E-state index >= 15 is 0 Å². The molecule has 0 nitrogen and oxygen atoms in total. The fraction of sp³-hybridized carbons (Fsp3) is 0.800. The zero-order valence-corrected chi connectivity index (χ0v) is 13.9. The molecule has 0 spiro atoms. The minimum Gasteiger partial charge on any atom is -0.0846 e. The first-order chi connectivity index (χ1) is 9.86. The van der Waals surface area contributed by atoms with E-state index in [9.17, 15) is 0 Å². The van der Waals surface area contributed by atoms with E-state index in [0.29, 0.717) is 0 Å². The maximum absolute atomic E-state index is 2.36. The average Bonchev–Trinajstić information content (AvgIpc) is 2.48. The molecule has 0 amide bonds. The molecule has 0 bridgehead atoms. The molecule has 0 aromatic rings. The maximum Gasteiger partial charge on any atom is -0.0345 e. The number of rotatable bonds is 10. The molecule has 0 radical (unpaired) electrons. The lowest BCUT2D eigenvalue weighted by Gasteiger charge is -2.28. The van der Waals surface area contributed by atoms with Crippen LogP contribution >= 0.6 is 0 Å². The molecule has 0 heterocycles. The van der Waals surface area contributed by atoms with Crippen LogP contribution in [0.15, 0.2) is 24.3 Å². The number of hydrogen-bond acceptors (Lipinski definition) is 0. The zero-order chi connectivity index (χ0) is 14.5. The molecule has 1 rings (SSSR count). The highest BCUT2D eigenvalue weighted by Crippen LogP contribution is 2.34. The third-order valence-corrected chi connectivity index (χ3v) is 4.76. The fourth-order valence-corrected chi connectivity index (χ4v) is 3.34. The van der Waals surface area contributed by atoms with Crippen molar-refractivity contribution in [3.8, 4) is 0 Å². The summed E-state index contributed by atoms with van der Waals surface area (Å²) in [5, 5.41) is 0. The second-order valence-electron chi connectivity index (χ2n) is 6.60. The van der Waals surface area contributed by atoms with Gasteiger partial charge in [-0.1, -0.05) is 95.9 Å². The molecule has 20 heavy (non-hydrogen) atoms. The van der Waals surface area contributed by atoms with Gasteiger partial charge in [0.15, 0.2) is 0 Å².